The third kappa shape index (κ3) is 16.0. The zero-order valence-electron chi connectivity index (χ0n) is 14.4. The Morgan fingerprint density at radius 3 is 1.44 bits per heavy atom. The second-order valence-electron chi connectivity index (χ2n) is 5.89. The molecule has 0 spiro atoms. The van der Waals surface area contributed by atoms with Gasteiger partial charge in [-0.05, 0) is 51.4 Å². The number of hydrogen-bond donors (Lipinski definition) is 0. The summed E-state index contributed by atoms with van der Waals surface area (Å²) in [4.78, 5) is 20.1. The van der Waals surface area contributed by atoms with Crippen molar-refractivity contribution < 1.29 is 19.8 Å². The van der Waals surface area contributed by atoms with Crippen LogP contribution in [-0.2, 0) is 9.59 Å². The van der Waals surface area contributed by atoms with E-state index in [2.05, 4.69) is 0 Å². The van der Waals surface area contributed by atoms with E-state index >= 15 is 0 Å². The molecule has 2 saturated heterocycles. The van der Waals surface area contributed by atoms with Crippen molar-refractivity contribution in [3.05, 3.63) is 0 Å². The molecule has 2 aliphatic heterocycles. The van der Waals surface area contributed by atoms with Crippen LogP contribution in [0.3, 0.4) is 0 Å². The Kier molecular flexibility index (Phi) is 18.2. The van der Waals surface area contributed by atoms with E-state index in [9.17, 15) is 19.8 Å². The molecular weight excluding hydrogens is 592 g/mol. The number of carboxylic acid groups (broad SMARTS) is 2. The first-order valence-corrected chi connectivity index (χ1v) is 13.3. The number of rotatable bonds is 10. The van der Waals surface area contributed by atoms with Crippen LogP contribution in [0.5, 0.6) is 0 Å². The van der Waals surface area contributed by atoms with Crippen LogP contribution in [0.4, 0.5) is 0 Å². The normalized spacial score (nSPS) is 21.9. The van der Waals surface area contributed by atoms with Crippen LogP contribution in [-0.4, -0.2) is 61.2 Å². The summed E-state index contributed by atoms with van der Waals surface area (Å²) in [5.74, 6) is 0.693. The van der Waals surface area contributed by atoms with Crippen molar-refractivity contribution in [2.75, 3.05) is 11.5 Å². The third-order valence-corrected chi connectivity index (χ3v) is 9.78. The van der Waals surface area contributed by atoms with Gasteiger partial charge in [-0.2, -0.15) is 0 Å². The predicted octanol–water partition coefficient (Wildman–Crippen LogP) is 2.52. The Balaban J connectivity index is 0.000000443. The average molecular weight is 618 g/mol. The zero-order valence-corrected chi connectivity index (χ0v) is 21.6. The molecule has 25 heavy (non-hydrogen) atoms. The maximum atomic E-state index is 10.1. The number of carbonyl (C=O) groups excluding carboxylic acids is 2. The fourth-order valence-corrected chi connectivity index (χ4v) is 8.47. The summed E-state index contributed by atoms with van der Waals surface area (Å²) >= 11 is 0. The van der Waals surface area contributed by atoms with Gasteiger partial charge in [-0.15, -0.1) is 0 Å². The van der Waals surface area contributed by atoms with E-state index in [-0.39, 0.29) is 40.1 Å². The first-order chi connectivity index (χ1) is 11.6. The van der Waals surface area contributed by atoms with Crippen LogP contribution in [0.1, 0.15) is 64.2 Å². The van der Waals surface area contributed by atoms with Gasteiger partial charge in [0.15, 0.2) is 0 Å². The molecule has 0 aromatic carbocycles. The van der Waals surface area contributed by atoms with E-state index in [1.807, 2.05) is 43.2 Å². The standard InChI is InChI=1S/2C8H14O2S2.Pb/c2*9-8(10)4-2-1-3-7-5-6-11-12-7;/h2*7H,1-6H2,(H,9,10);/q;;+2/p-2. The van der Waals surface area contributed by atoms with Gasteiger partial charge in [0, 0.05) is 33.9 Å². The SMILES string of the molecule is O=C([O-])CCCCC1CCSS1.O=C([O-])CCCCC1CCSS1.[Pb+2]. The van der Waals surface area contributed by atoms with E-state index in [1.54, 1.807) is 0 Å². The van der Waals surface area contributed by atoms with Crippen LogP contribution in [0.2, 0.25) is 0 Å². The minimum atomic E-state index is -0.913. The number of unbranched alkanes of at least 4 members (excludes halogenated alkanes) is 2. The van der Waals surface area contributed by atoms with E-state index in [1.165, 1.54) is 37.2 Å². The molecule has 0 saturated carbocycles. The Morgan fingerprint density at radius 1 is 0.760 bits per heavy atom. The van der Waals surface area contributed by atoms with E-state index in [4.69, 9.17) is 0 Å². The molecular formula is C16H26O4PbS4. The van der Waals surface area contributed by atoms with Gasteiger partial charge in [0.05, 0.1) is 0 Å². The van der Waals surface area contributed by atoms with E-state index < -0.39 is 11.9 Å². The second-order valence-corrected chi connectivity index (χ2v) is 11.5. The molecule has 0 aromatic rings. The van der Waals surface area contributed by atoms with Gasteiger partial charge in [-0.25, -0.2) is 0 Å². The molecule has 0 aromatic heterocycles. The maximum absolute atomic E-state index is 10.1. The first-order valence-electron chi connectivity index (χ1n) is 8.54. The second kappa shape index (κ2) is 17.4. The van der Waals surface area contributed by atoms with Gasteiger partial charge in [0.25, 0.3) is 0 Å². The molecule has 9 heteroatoms. The number of hydrogen-bond acceptors (Lipinski definition) is 8. The van der Waals surface area contributed by atoms with Crippen LogP contribution < -0.4 is 10.2 Å². The molecule has 2 heterocycles. The van der Waals surface area contributed by atoms with Crippen LogP contribution in [0.25, 0.3) is 0 Å². The van der Waals surface area contributed by atoms with Crippen molar-refractivity contribution in [1.82, 2.24) is 0 Å². The summed E-state index contributed by atoms with van der Waals surface area (Å²) in [6, 6.07) is 0. The van der Waals surface area contributed by atoms with Crippen LogP contribution >= 0.6 is 43.2 Å². The molecule has 2 aliphatic rings. The van der Waals surface area contributed by atoms with E-state index in [0.717, 1.165) is 36.2 Å². The largest absolute Gasteiger partial charge is 2.00 e. The van der Waals surface area contributed by atoms with Gasteiger partial charge >= 0.3 is 27.3 Å². The molecule has 2 rings (SSSR count). The summed E-state index contributed by atoms with van der Waals surface area (Å²) in [7, 11) is 7.78. The van der Waals surface area contributed by atoms with Crippen LogP contribution in [0, 0.1) is 0 Å². The molecule has 2 radical (unpaired) electrons. The number of carboxylic acids is 2. The third-order valence-electron chi connectivity index (χ3n) is 3.77. The molecule has 2 unspecified atom stereocenters. The molecule has 142 valence electrons. The Labute approximate surface area is 187 Å². The Morgan fingerprint density at radius 2 is 1.16 bits per heavy atom. The van der Waals surface area contributed by atoms with Crippen molar-refractivity contribution in [1.29, 1.82) is 0 Å². The van der Waals surface area contributed by atoms with Gasteiger partial charge in [0.2, 0.25) is 0 Å². The number of aliphatic carboxylic acids is 2. The quantitative estimate of drug-likeness (QED) is 0.210. The molecule has 0 N–H and O–H groups in total. The van der Waals surface area contributed by atoms with Crippen LogP contribution in [0.15, 0.2) is 0 Å². The minimum absolute atomic E-state index is 0. The summed E-state index contributed by atoms with van der Waals surface area (Å²) in [6.07, 6.45) is 9.01. The zero-order chi connectivity index (χ0) is 17.6. The van der Waals surface area contributed by atoms with Gasteiger partial charge in [-0.1, -0.05) is 56.0 Å². The fraction of sp³-hybridized carbons (Fsp3) is 0.875. The van der Waals surface area contributed by atoms with Gasteiger partial charge < -0.3 is 19.8 Å². The predicted molar refractivity (Wildman–Crippen MR) is 110 cm³/mol. The van der Waals surface area contributed by atoms with Crippen molar-refractivity contribution in [2.45, 2.75) is 74.7 Å². The van der Waals surface area contributed by atoms with Crippen molar-refractivity contribution in [3.8, 4) is 0 Å². The monoisotopic (exact) mass is 618 g/mol. The molecule has 2 fully saturated rings. The Hall–Kier alpha value is 1.26. The summed E-state index contributed by atoms with van der Waals surface area (Å²) in [6.45, 7) is 0. The summed E-state index contributed by atoms with van der Waals surface area (Å²) in [5, 5.41) is 21.7. The van der Waals surface area contributed by atoms with Crippen molar-refractivity contribution in [2.24, 2.45) is 0 Å². The van der Waals surface area contributed by atoms with Crippen molar-refractivity contribution in [3.63, 3.8) is 0 Å². The topological polar surface area (TPSA) is 80.3 Å². The fourth-order valence-electron chi connectivity index (χ4n) is 2.41. The molecule has 4 nitrogen and oxygen atoms in total. The molecule has 0 amide bonds. The Bertz CT molecular complexity index is 328. The molecule has 0 bridgehead atoms. The smallest absolute Gasteiger partial charge is 0.550 e. The first kappa shape index (κ1) is 26.3. The summed E-state index contributed by atoms with van der Waals surface area (Å²) < 4.78 is 0. The molecule has 0 aliphatic carbocycles. The van der Waals surface area contributed by atoms with Gasteiger partial charge in [0.1, 0.15) is 0 Å². The van der Waals surface area contributed by atoms with E-state index in [0.29, 0.717) is 0 Å². The maximum Gasteiger partial charge on any atom is 2.00 e. The molecule has 2 atom stereocenters. The van der Waals surface area contributed by atoms with Gasteiger partial charge in [-0.3, -0.25) is 0 Å². The van der Waals surface area contributed by atoms with Crippen molar-refractivity contribution >= 4 is 82.4 Å². The summed E-state index contributed by atoms with van der Waals surface area (Å²) in [5.41, 5.74) is 0. The number of carbonyl (C=O) groups is 2. The average Bonchev–Trinajstić information content (AvgIpc) is 3.22. The minimum Gasteiger partial charge on any atom is -0.550 e.